The molecule has 11 heteroatoms. The van der Waals surface area contributed by atoms with Gasteiger partial charge in [-0.05, 0) is 5.56 Å². The molecule has 1 aliphatic rings. The van der Waals surface area contributed by atoms with Gasteiger partial charge in [-0.25, -0.2) is 5.01 Å². The Kier molecular flexibility index (Phi) is 5.03. The van der Waals surface area contributed by atoms with Crippen LogP contribution in [0.4, 0.5) is 11.4 Å². The molecular formula is C16H12N4O6S. The summed E-state index contributed by atoms with van der Waals surface area (Å²) < 4.78 is 0. The number of hydrogen-bond acceptors (Lipinski definition) is 7. The van der Waals surface area contributed by atoms with Gasteiger partial charge in [0.15, 0.2) is 0 Å². The van der Waals surface area contributed by atoms with Gasteiger partial charge in [0.05, 0.1) is 27.2 Å². The Morgan fingerprint density at radius 3 is 2.22 bits per heavy atom. The van der Waals surface area contributed by atoms with Crippen LogP contribution in [0.15, 0.2) is 48.5 Å². The molecule has 1 fully saturated rings. The molecule has 10 nitrogen and oxygen atoms in total. The number of hydrazine groups is 1. The highest BCUT2D eigenvalue weighted by Crippen LogP contribution is 2.37. The molecular weight excluding hydrogens is 376 g/mol. The molecule has 27 heavy (non-hydrogen) atoms. The molecule has 0 spiro atoms. The van der Waals surface area contributed by atoms with Crippen LogP contribution in [-0.4, -0.2) is 32.4 Å². The summed E-state index contributed by atoms with van der Waals surface area (Å²) in [6, 6.07) is 11.6. The molecule has 0 radical (unpaired) electrons. The van der Waals surface area contributed by atoms with Crippen LogP contribution in [0.1, 0.15) is 21.3 Å². The van der Waals surface area contributed by atoms with Crippen molar-refractivity contribution >= 4 is 35.0 Å². The fraction of sp³-hybridized carbons (Fsp3) is 0.125. The lowest BCUT2D eigenvalue weighted by Gasteiger charge is -2.24. The van der Waals surface area contributed by atoms with Crippen molar-refractivity contribution in [1.29, 1.82) is 0 Å². The van der Waals surface area contributed by atoms with Gasteiger partial charge in [0.25, 0.3) is 23.2 Å². The van der Waals surface area contributed by atoms with E-state index in [1.807, 2.05) is 6.07 Å². The third-order valence-corrected chi connectivity index (χ3v) is 4.97. The average Bonchev–Trinajstić information content (AvgIpc) is 3.02. The molecule has 1 atom stereocenters. The average molecular weight is 388 g/mol. The zero-order valence-electron chi connectivity index (χ0n) is 13.6. The summed E-state index contributed by atoms with van der Waals surface area (Å²) in [6.07, 6.45) is 0. The quantitative estimate of drug-likeness (QED) is 0.613. The molecule has 0 aromatic heterocycles. The maximum atomic E-state index is 12.5. The van der Waals surface area contributed by atoms with Crippen LogP contribution in [0.5, 0.6) is 0 Å². The molecule has 1 N–H and O–H groups in total. The van der Waals surface area contributed by atoms with E-state index in [1.54, 1.807) is 24.3 Å². The number of carbonyl (C=O) groups excluding carboxylic acids is 2. The third kappa shape index (κ3) is 3.87. The molecule has 0 bridgehead atoms. The zero-order valence-corrected chi connectivity index (χ0v) is 14.4. The third-order valence-electron chi connectivity index (χ3n) is 3.76. The number of nitro groups is 2. The van der Waals surface area contributed by atoms with E-state index in [9.17, 15) is 29.8 Å². The molecule has 0 saturated carbocycles. The predicted octanol–water partition coefficient (Wildman–Crippen LogP) is 2.42. The molecule has 2 aromatic carbocycles. The lowest BCUT2D eigenvalue weighted by molar-refractivity contribution is -0.394. The van der Waals surface area contributed by atoms with Crippen molar-refractivity contribution in [3.63, 3.8) is 0 Å². The van der Waals surface area contributed by atoms with Crippen molar-refractivity contribution in [2.24, 2.45) is 0 Å². The first-order valence-electron chi connectivity index (χ1n) is 7.60. The zero-order chi connectivity index (χ0) is 19.6. The Balaban J connectivity index is 1.89. The molecule has 3 rings (SSSR count). The number of nitro benzene ring substituents is 2. The van der Waals surface area contributed by atoms with Gasteiger partial charge >= 0.3 is 0 Å². The van der Waals surface area contributed by atoms with E-state index in [1.165, 1.54) is 11.8 Å². The van der Waals surface area contributed by atoms with E-state index in [-0.39, 0.29) is 17.2 Å². The van der Waals surface area contributed by atoms with Crippen LogP contribution in [0.25, 0.3) is 0 Å². The van der Waals surface area contributed by atoms with Crippen LogP contribution in [-0.2, 0) is 4.79 Å². The number of amides is 2. The Hall–Kier alpha value is -3.47. The van der Waals surface area contributed by atoms with Crippen LogP contribution in [0, 0.1) is 20.2 Å². The van der Waals surface area contributed by atoms with Gasteiger partial charge in [-0.1, -0.05) is 30.3 Å². The smallest absolute Gasteiger partial charge is 0.272 e. The van der Waals surface area contributed by atoms with Crippen molar-refractivity contribution in [1.82, 2.24) is 10.4 Å². The van der Waals surface area contributed by atoms with E-state index in [0.717, 1.165) is 28.8 Å². The number of thioether (sulfide) groups is 1. The largest absolute Gasteiger partial charge is 0.277 e. The van der Waals surface area contributed by atoms with Gasteiger partial charge < -0.3 is 0 Å². The maximum absolute atomic E-state index is 12.5. The second kappa shape index (κ2) is 7.41. The molecule has 1 heterocycles. The summed E-state index contributed by atoms with van der Waals surface area (Å²) in [5.74, 6) is -1.05. The minimum atomic E-state index is -0.849. The summed E-state index contributed by atoms with van der Waals surface area (Å²) in [7, 11) is 0. The summed E-state index contributed by atoms with van der Waals surface area (Å²) in [5, 5.41) is 22.6. The SMILES string of the molecule is O=C(NN1C(=O)CSC1c1ccccc1)c1cc([N+](=O)[O-])cc([N+](=O)[O-])c1. The lowest BCUT2D eigenvalue weighted by Crippen LogP contribution is -2.44. The van der Waals surface area contributed by atoms with E-state index in [0.29, 0.717) is 0 Å². The van der Waals surface area contributed by atoms with E-state index in [2.05, 4.69) is 5.43 Å². The monoisotopic (exact) mass is 388 g/mol. The number of rotatable bonds is 5. The highest BCUT2D eigenvalue weighted by atomic mass is 32.2. The van der Waals surface area contributed by atoms with E-state index >= 15 is 0 Å². The maximum Gasteiger partial charge on any atom is 0.277 e. The molecule has 2 aromatic rings. The molecule has 1 aliphatic heterocycles. The number of carbonyl (C=O) groups is 2. The minimum absolute atomic E-state index is 0.148. The van der Waals surface area contributed by atoms with E-state index in [4.69, 9.17) is 0 Å². The van der Waals surface area contributed by atoms with Crippen LogP contribution < -0.4 is 5.43 Å². The predicted molar refractivity (Wildman–Crippen MR) is 95.7 cm³/mol. The van der Waals surface area contributed by atoms with Crippen LogP contribution in [0.2, 0.25) is 0 Å². The van der Waals surface area contributed by atoms with Gasteiger partial charge in [-0.15, -0.1) is 11.8 Å². The fourth-order valence-electron chi connectivity index (χ4n) is 2.52. The Morgan fingerprint density at radius 2 is 1.67 bits per heavy atom. The van der Waals surface area contributed by atoms with Crippen molar-refractivity contribution in [2.75, 3.05) is 5.75 Å². The molecule has 1 saturated heterocycles. The first kappa shape index (κ1) is 18.3. The van der Waals surface area contributed by atoms with Gasteiger partial charge in [0.1, 0.15) is 5.37 Å². The van der Waals surface area contributed by atoms with Gasteiger partial charge in [-0.3, -0.25) is 35.2 Å². The first-order valence-corrected chi connectivity index (χ1v) is 8.65. The van der Waals surface area contributed by atoms with Crippen molar-refractivity contribution in [2.45, 2.75) is 5.37 Å². The lowest BCUT2D eigenvalue weighted by atomic mass is 10.1. The number of nitrogens with one attached hydrogen (secondary N) is 1. The first-order chi connectivity index (χ1) is 12.9. The van der Waals surface area contributed by atoms with Crippen molar-refractivity contribution < 1.29 is 19.4 Å². The number of benzene rings is 2. The topological polar surface area (TPSA) is 136 Å². The fourth-order valence-corrected chi connectivity index (χ4v) is 3.63. The van der Waals surface area contributed by atoms with Gasteiger partial charge in [-0.2, -0.15) is 0 Å². The highest BCUT2D eigenvalue weighted by Gasteiger charge is 2.34. The molecule has 0 aliphatic carbocycles. The van der Waals surface area contributed by atoms with Gasteiger partial charge in [0, 0.05) is 12.1 Å². The standard InChI is InChI=1S/C16H12N4O6S/c21-14-9-27-16(10-4-2-1-3-5-10)18(14)17-15(22)11-6-12(19(23)24)8-13(7-11)20(25)26/h1-8,16H,9H2,(H,17,22). The minimum Gasteiger partial charge on any atom is -0.272 e. The molecule has 1 unspecified atom stereocenters. The number of hydrogen-bond donors (Lipinski definition) is 1. The van der Waals surface area contributed by atoms with Crippen molar-refractivity contribution in [3.8, 4) is 0 Å². The summed E-state index contributed by atoms with van der Waals surface area (Å²) in [5.41, 5.74) is 1.74. The molecule has 138 valence electrons. The second-order valence-corrected chi connectivity index (χ2v) is 6.60. The van der Waals surface area contributed by atoms with Crippen LogP contribution >= 0.6 is 11.8 Å². The van der Waals surface area contributed by atoms with E-state index < -0.39 is 32.5 Å². The van der Waals surface area contributed by atoms with Crippen LogP contribution in [0.3, 0.4) is 0 Å². The second-order valence-electron chi connectivity index (χ2n) is 5.53. The Bertz CT molecular complexity index is 904. The highest BCUT2D eigenvalue weighted by molar-refractivity contribution is 8.00. The number of non-ortho nitro benzene ring substituents is 2. The Morgan fingerprint density at radius 1 is 1.07 bits per heavy atom. The van der Waals surface area contributed by atoms with Gasteiger partial charge in [0.2, 0.25) is 0 Å². The summed E-state index contributed by atoms with van der Waals surface area (Å²) >= 11 is 1.31. The molecule has 2 amide bonds. The summed E-state index contributed by atoms with van der Waals surface area (Å²) in [6.45, 7) is 0. The Labute approximate surface area is 156 Å². The summed E-state index contributed by atoms with van der Waals surface area (Å²) in [4.78, 5) is 44.9. The normalized spacial score (nSPS) is 16.2. The van der Waals surface area contributed by atoms with Crippen molar-refractivity contribution in [3.05, 3.63) is 79.9 Å². The number of nitrogens with zero attached hydrogens (tertiary/aromatic N) is 3.